The number of fused-ring (bicyclic) bond motifs is 1. The summed E-state index contributed by atoms with van der Waals surface area (Å²) in [7, 11) is 0. The van der Waals surface area contributed by atoms with E-state index < -0.39 is 5.97 Å². The number of carboxylic acids is 1. The van der Waals surface area contributed by atoms with Crippen LogP contribution in [0.2, 0.25) is 0 Å². The molecule has 0 radical (unpaired) electrons. The SMILES string of the molecule is O=C(O)Cc1oc(-c2cc3ccccc3s2)nc1-c1cccs1. The number of oxazole rings is 1. The maximum absolute atomic E-state index is 11.1. The van der Waals surface area contributed by atoms with Gasteiger partial charge >= 0.3 is 5.97 Å². The van der Waals surface area contributed by atoms with Gasteiger partial charge in [-0.25, -0.2) is 4.98 Å². The van der Waals surface area contributed by atoms with Gasteiger partial charge in [-0.05, 0) is 29.0 Å². The largest absolute Gasteiger partial charge is 0.481 e. The Morgan fingerprint density at radius 2 is 2.04 bits per heavy atom. The van der Waals surface area contributed by atoms with Gasteiger partial charge in [-0.3, -0.25) is 4.79 Å². The minimum atomic E-state index is -0.929. The van der Waals surface area contributed by atoms with E-state index in [-0.39, 0.29) is 6.42 Å². The first-order valence-corrected chi connectivity index (χ1v) is 8.64. The van der Waals surface area contributed by atoms with Gasteiger partial charge in [-0.15, -0.1) is 22.7 Å². The van der Waals surface area contributed by atoms with Crippen LogP contribution in [0.4, 0.5) is 0 Å². The zero-order valence-electron chi connectivity index (χ0n) is 11.9. The summed E-state index contributed by atoms with van der Waals surface area (Å²) in [6, 6.07) is 13.9. The summed E-state index contributed by atoms with van der Waals surface area (Å²) in [4.78, 5) is 17.5. The van der Waals surface area contributed by atoms with E-state index in [1.165, 1.54) is 11.3 Å². The summed E-state index contributed by atoms with van der Waals surface area (Å²) >= 11 is 3.11. The van der Waals surface area contributed by atoms with Crippen molar-refractivity contribution in [2.24, 2.45) is 0 Å². The van der Waals surface area contributed by atoms with Gasteiger partial charge in [-0.2, -0.15) is 0 Å². The van der Waals surface area contributed by atoms with Gasteiger partial charge in [0.2, 0.25) is 5.89 Å². The molecule has 0 saturated carbocycles. The van der Waals surface area contributed by atoms with E-state index in [4.69, 9.17) is 9.52 Å². The quantitative estimate of drug-likeness (QED) is 0.573. The molecule has 1 N–H and O–H groups in total. The fraction of sp³-hybridized carbons (Fsp3) is 0.0588. The molecule has 1 aromatic carbocycles. The van der Waals surface area contributed by atoms with E-state index in [0.717, 1.165) is 19.8 Å². The Balaban J connectivity index is 1.84. The average molecular weight is 341 g/mol. The Kier molecular flexibility index (Phi) is 3.48. The van der Waals surface area contributed by atoms with Gasteiger partial charge in [0.25, 0.3) is 0 Å². The Labute approximate surface area is 139 Å². The highest BCUT2D eigenvalue weighted by molar-refractivity contribution is 7.22. The molecule has 0 aliphatic rings. The molecule has 4 rings (SSSR count). The summed E-state index contributed by atoms with van der Waals surface area (Å²) in [5, 5.41) is 12.2. The van der Waals surface area contributed by atoms with Gasteiger partial charge in [0.1, 0.15) is 17.9 Å². The lowest BCUT2D eigenvalue weighted by Gasteiger charge is -1.93. The highest BCUT2D eigenvalue weighted by Gasteiger charge is 2.20. The summed E-state index contributed by atoms with van der Waals surface area (Å²) in [6.07, 6.45) is -0.175. The number of nitrogens with zero attached hydrogens (tertiary/aromatic N) is 1. The van der Waals surface area contributed by atoms with Crippen LogP contribution in [0.15, 0.2) is 52.3 Å². The Hall–Kier alpha value is -2.44. The van der Waals surface area contributed by atoms with E-state index >= 15 is 0 Å². The molecule has 0 atom stereocenters. The number of benzene rings is 1. The summed E-state index contributed by atoms with van der Waals surface area (Å²) in [6.45, 7) is 0. The number of carbonyl (C=O) groups is 1. The van der Waals surface area contributed by atoms with Crippen LogP contribution < -0.4 is 0 Å². The van der Waals surface area contributed by atoms with Crippen molar-refractivity contribution < 1.29 is 14.3 Å². The Morgan fingerprint density at radius 1 is 1.17 bits per heavy atom. The van der Waals surface area contributed by atoms with Crippen LogP contribution in [0.5, 0.6) is 0 Å². The van der Waals surface area contributed by atoms with Gasteiger partial charge < -0.3 is 9.52 Å². The molecular weight excluding hydrogens is 330 g/mol. The minimum Gasteiger partial charge on any atom is -0.481 e. The minimum absolute atomic E-state index is 0.175. The second kappa shape index (κ2) is 5.64. The van der Waals surface area contributed by atoms with Crippen molar-refractivity contribution in [3.05, 3.63) is 53.6 Å². The third-order valence-electron chi connectivity index (χ3n) is 3.40. The van der Waals surface area contributed by atoms with E-state index in [9.17, 15) is 4.79 Å². The molecule has 0 aliphatic heterocycles. The zero-order valence-corrected chi connectivity index (χ0v) is 13.5. The number of rotatable bonds is 4. The average Bonchev–Trinajstić information content (AvgIpc) is 3.25. The maximum atomic E-state index is 11.1. The zero-order chi connectivity index (χ0) is 15.8. The highest BCUT2D eigenvalue weighted by Crippen LogP contribution is 2.37. The second-order valence-corrected chi connectivity index (χ2v) is 7.02. The maximum Gasteiger partial charge on any atom is 0.311 e. The normalized spacial score (nSPS) is 11.1. The third-order valence-corrected chi connectivity index (χ3v) is 5.38. The molecular formula is C17H11NO3S2. The smallest absolute Gasteiger partial charge is 0.311 e. The topological polar surface area (TPSA) is 63.3 Å². The van der Waals surface area contributed by atoms with E-state index in [2.05, 4.69) is 4.98 Å². The molecule has 4 aromatic rings. The van der Waals surface area contributed by atoms with Crippen molar-refractivity contribution in [1.82, 2.24) is 4.98 Å². The van der Waals surface area contributed by atoms with Crippen LogP contribution in [-0.4, -0.2) is 16.1 Å². The lowest BCUT2D eigenvalue weighted by molar-refractivity contribution is -0.136. The van der Waals surface area contributed by atoms with E-state index in [0.29, 0.717) is 17.3 Å². The van der Waals surface area contributed by atoms with Gasteiger partial charge in [0, 0.05) is 4.70 Å². The van der Waals surface area contributed by atoms with Crippen LogP contribution >= 0.6 is 22.7 Å². The van der Waals surface area contributed by atoms with Crippen molar-refractivity contribution in [3.63, 3.8) is 0 Å². The molecule has 0 amide bonds. The van der Waals surface area contributed by atoms with E-state index in [1.807, 2.05) is 47.8 Å². The van der Waals surface area contributed by atoms with Crippen LogP contribution in [0.3, 0.4) is 0 Å². The monoisotopic (exact) mass is 341 g/mol. The number of hydrogen-bond donors (Lipinski definition) is 1. The first kappa shape index (κ1) is 14.2. The molecule has 0 fully saturated rings. The summed E-state index contributed by atoms with van der Waals surface area (Å²) in [5.41, 5.74) is 0.620. The highest BCUT2D eigenvalue weighted by atomic mass is 32.1. The molecule has 6 heteroatoms. The Morgan fingerprint density at radius 3 is 2.78 bits per heavy atom. The standard InChI is InChI=1S/C17H11NO3S2/c19-15(20)9-11-16(13-6-3-7-22-13)18-17(21-11)14-8-10-4-1-2-5-12(10)23-14/h1-8H,9H2,(H,19,20). The van der Waals surface area contributed by atoms with Crippen molar-refractivity contribution >= 4 is 38.7 Å². The second-order valence-electron chi connectivity index (χ2n) is 4.99. The van der Waals surface area contributed by atoms with Crippen molar-refractivity contribution in [2.45, 2.75) is 6.42 Å². The first-order chi connectivity index (χ1) is 11.2. The van der Waals surface area contributed by atoms with Crippen molar-refractivity contribution in [1.29, 1.82) is 0 Å². The predicted octanol–water partition coefficient (Wildman–Crippen LogP) is 4.91. The third kappa shape index (κ3) is 2.67. The summed E-state index contributed by atoms with van der Waals surface area (Å²) in [5.74, 6) is -0.0555. The number of aliphatic carboxylic acids is 1. The van der Waals surface area contributed by atoms with Crippen LogP contribution in [0.1, 0.15) is 5.76 Å². The molecule has 4 nitrogen and oxygen atoms in total. The lowest BCUT2D eigenvalue weighted by atomic mass is 10.2. The van der Waals surface area contributed by atoms with Gasteiger partial charge in [-0.1, -0.05) is 24.3 Å². The molecule has 0 saturated heterocycles. The predicted molar refractivity (Wildman–Crippen MR) is 92.0 cm³/mol. The molecule has 23 heavy (non-hydrogen) atoms. The van der Waals surface area contributed by atoms with Crippen molar-refractivity contribution in [3.8, 4) is 21.3 Å². The number of hydrogen-bond acceptors (Lipinski definition) is 5. The lowest BCUT2D eigenvalue weighted by Crippen LogP contribution is -1.99. The molecule has 0 spiro atoms. The Bertz CT molecular complexity index is 950. The number of thiophene rings is 2. The summed E-state index contributed by atoms with van der Waals surface area (Å²) < 4.78 is 6.94. The van der Waals surface area contributed by atoms with Crippen LogP contribution in [0.25, 0.3) is 31.4 Å². The van der Waals surface area contributed by atoms with Gasteiger partial charge in [0.15, 0.2) is 0 Å². The molecule has 0 unspecified atom stereocenters. The molecule has 0 aliphatic carbocycles. The first-order valence-electron chi connectivity index (χ1n) is 6.95. The van der Waals surface area contributed by atoms with Gasteiger partial charge in [0.05, 0.1) is 9.75 Å². The van der Waals surface area contributed by atoms with Crippen LogP contribution in [-0.2, 0) is 11.2 Å². The number of aromatic nitrogens is 1. The molecule has 3 aromatic heterocycles. The van der Waals surface area contributed by atoms with Crippen LogP contribution in [0, 0.1) is 0 Å². The fourth-order valence-electron chi connectivity index (χ4n) is 2.41. The molecule has 3 heterocycles. The van der Waals surface area contributed by atoms with Crippen molar-refractivity contribution in [2.75, 3.05) is 0 Å². The van der Waals surface area contributed by atoms with E-state index in [1.54, 1.807) is 11.3 Å². The molecule has 0 bridgehead atoms. The molecule has 114 valence electrons. The fourth-order valence-corrected chi connectivity index (χ4v) is 4.13. The number of carboxylic acid groups (broad SMARTS) is 1.